The molecular formula is C15H30N2O2. The van der Waals surface area contributed by atoms with Gasteiger partial charge < -0.3 is 14.8 Å². The number of hydrogen-bond donors (Lipinski definition) is 1. The molecule has 2 aliphatic rings. The van der Waals surface area contributed by atoms with E-state index in [9.17, 15) is 0 Å². The summed E-state index contributed by atoms with van der Waals surface area (Å²) in [5.41, 5.74) is 0.419. The van der Waals surface area contributed by atoms with E-state index >= 15 is 0 Å². The van der Waals surface area contributed by atoms with Crippen molar-refractivity contribution in [1.29, 1.82) is 0 Å². The van der Waals surface area contributed by atoms with Crippen LogP contribution in [0.15, 0.2) is 0 Å². The Kier molecular flexibility index (Phi) is 6.07. The van der Waals surface area contributed by atoms with E-state index in [4.69, 9.17) is 9.47 Å². The zero-order valence-corrected chi connectivity index (χ0v) is 12.6. The van der Waals surface area contributed by atoms with Crippen LogP contribution in [-0.2, 0) is 9.47 Å². The second-order valence-electron chi connectivity index (χ2n) is 6.15. The fourth-order valence-electron chi connectivity index (χ4n) is 3.37. The number of hydrogen-bond acceptors (Lipinski definition) is 4. The Morgan fingerprint density at radius 3 is 2.74 bits per heavy atom. The maximum atomic E-state index is 5.70. The van der Waals surface area contributed by atoms with Gasteiger partial charge in [0.2, 0.25) is 0 Å². The maximum absolute atomic E-state index is 5.70. The van der Waals surface area contributed by atoms with Crippen molar-refractivity contribution in [3.05, 3.63) is 0 Å². The molecule has 1 saturated carbocycles. The minimum absolute atomic E-state index is 0.419. The maximum Gasteiger partial charge on any atom is 0.0593 e. The highest BCUT2D eigenvalue weighted by molar-refractivity contribution is 5.00. The average molecular weight is 270 g/mol. The van der Waals surface area contributed by atoms with Crippen LogP contribution in [0.4, 0.5) is 0 Å². The normalized spacial score (nSPS) is 27.2. The number of rotatable bonds is 7. The predicted molar refractivity (Wildman–Crippen MR) is 77.5 cm³/mol. The second-order valence-corrected chi connectivity index (χ2v) is 6.15. The first kappa shape index (κ1) is 15.2. The van der Waals surface area contributed by atoms with Crippen molar-refractivity contribution < 1.29 is 9.47 Å². The Morgan fingerprint density at radius 2 is 2.00 bits per heavy atom. The summed E-state index contributed by atoms with van der Waals surface area (Å²) in [6, 6.07) is 0.633. The molecule has 1 spiro atoms. The Morgan fingerprint density at radius 1 is 1.21 bits per heavy atom. The Bertz CT molecular complexity index is 255. The summed E-state index contributed by atoms with van der Waals surface area (Å²) in [6.45, 7) is 8.19. The average Bonchev–Trinajstić information content (AvgIpc) is 2.86. The molecule has 4 nitrogen and oxygen atoms in total. The van der Waals surface area contributed by atoms with Gasteiger partial charge in [-0.15, -0.1) is 0 Å². The minimum Gasteiger partial charge on any atom is -0.385 e. The van der Waals surface area contributed by atoms with E-state index in [1.54, 1.807) is 7.11 Å². The summed E-state index contributed by atoms with van der Waals surface area (Å²) in [4.78, 5) is 2.61. The van der Waals surface area contributed by atoms with Crippen molar-refractivity contribution in [2.24, 2.45) is 0 Å². The van der Waals surface area contributed by atoms with Crippen LogP contribution >= 0.6 is 0 Å². The van der Waals surface area contributed by atoms with Gasteiger partial charge in [-0.2, -0.15) is 0 Å². The second kappa shape index (κ2) is 7.58. The van der Waals surface area contributed by atoms with E-state index < -0.39 is 0 Å². The molecule has 0 radical (unpaired) electrons. The lowest BCUT2D eigenvalue weighted by atomic mass is 9.92. The summed E-state index contributed by atoms with van der Waals surface area (Å²) in [5, 5.41) is 3.79. The molecule has 1 atom stereocenters. The first-order valence-electron chi connectivity index (χ1n) is 7.81. The number of methoxy groups -OCH3 is 1. The van der Waals surface area contributed by atoms with Gasteiger partial charge in [0.05, 0.1) is 6.61 Å². The molecule has 2 rings (SSSR count). The topological polar surface area (TPSA) is 33.7 Å². The lowest BCUT2D eigenvalue weighted by Gasteiger charge is -2.45. The summed E-state index contributed by atoms with van der Waals surface area (Å²) < 4.78 is 10.7. The molecule has 0 aromatic heterocycles. The van der Waals surface area contributed by atoms with Crippen molar-refractivity contribution in [2.45, 2.75) is 50.6 Å². The fourth-order valence-corrected chi connectivity index (χ4v) is 3.37. The van der Waals surface area contributed by atoms with Gasteiger partial charge in [-0.1, -0.05) is 12.8 Å². The van der Waals surface area contributed by atoms with Crippen LogP contribution in [0.1, 0.15) is 39.0 Å². The standard InChI is InChI=1S/C15H30N2O2/c1-14-12-16-15(6-3-4-7-15)13-17(14)8-11-19-10-5-9-18-2/h14,16H,3-13H2,1-2H3. The molecule has 112 valence electrons. The molecule has 0 amide bonds. The van der Waals surface area contributed by atoms with Crippen molar-refractivity contribution in [2.75, 3.05) is 46.6 Å². The smallest absolute Gasteiger partial charge is 0.0593 e. The van der Waals surface area contributed by atoms with Gasteiger partial charge in [0.15, 0.2) is 0 Å². The molecule has 0 aromatic rings. The summed E-state index contributed by atoms with van der Waals surface area (Å²) >= 11 is 0. The van der Waals surface area contributed by atoms with Crippen molar-refractivity contribution in [3.8, 4) is 0 Å². The zero-order chi connectivity index (χ0) is 13.6. The highest BCUT2D eigenvalue weighted by Gasteiger charge is 2.39. The molecule has 1 N–H and O–H groups in total. The first-order valence-corrected chi connectivity index (χ1v) is 7.81. The van der Waals surface area contributed by atoms with Crippen molar-refractivity contribution in [3.63, 3.8) is 0 Å². The van der Waals surface area contributed by atoms with Crippen LogP contribution < -0.4 is 5.32 Å². The van der Waals surface area contributed by atoms with Gasteiger partial charge in [-0.05, 0) is 26.2 Å². The van der Waals surface area contributed by atoms with Gasteiger partial charge in [0.1, 0.15) is 0 Å². The molecular weight excluding hydrogens is 240 g/mol. The number of ether oxygens (including phenoxy) is 2. The van der Waals surface area contributed by atoms with Crippen LogP contribution in [0.2, 0.25) is 0 Å². The minimum atomic E-state index is 0.419. The third-order valence-electron chi connectivity index (χ3n) is 4.62. The number of piperazine rings is 1. The van der Waals surface area contributed by atoms with E-state index in [-0.39, 0.29) is 0 Å². The van der Waals surface area contributed by atoms with Crippen LogP contribution in [0.3, 0.4) is 0 Å². The van der Waals surface area contributed by atoms with Crippen LogP contribution in [0.5, 0.6) is 0 Å². The van der Waals surface area contributed by atoms with E-state index in [2.05, 4.69) is 17.1 Å². The molecule has 19 heavy (non-hydrogen) atoms. The van der Waals surface area contributed by atoms with Crippen molar-refractivity contribution >= 4 is 0 Å². The lowest BCUT2D eigenvalue weighted by molar-refractivity contribution is 0.0416. The highest BCUT2D eigenvalue weighted by Crippen LogP contribution is 2.32. The van der Waals surface area contributed by atoms with Gasteiger partial charge in [0, 0.05) is 51.5 Å². The molecule has 1 saturated heterocycles. The van der Waals surface area contributed by atoms with Crippen LogP contribution in [0.25, 0.3) is 0 Å². The predicted octanol–water partition coefficient (Wildman–Crippen LogP) is 1.65. The highest BCUT2D eigenvalue weighted by atomic mass is 16.5. The Hall–Kier alpha value is -0.160. The lowest BCUT2D eigenvalue weighted by Crippen LogP contribution is -2.62. The zero-order valence-electron chi connectivity index (χ0n) is 12.6. The Labute approximate surface area is 117 Å². The summed E-state index contributed by atoms with van der Waals surface area (Å²) in [6.07, 6.45) is 6.48. The summed E-state index contributed by atoms with van der Waals surface area (Å²) in [5.74, 6) is 0. The third-order valence-corrected chi connectivity index (χ3v) is 4.62. The van der Waals surface area contributed by atoms with E-state index in [1.807, 2.05) is 0 Å². The van der Waals surface area contributed by atoms with E-state index in [0.29, 0.717) is 11.6 Å². The number of nitrogens with zero attached hydrogens (tertiary/aromatic N) is 1. The fraction of sp³-hybridized carbons (Fsp3) is 1.00. The summed E-state index contributed by atoms with van der Waals surface area (Å²) in [7, 11) is 1.74. The molecule has 1 unspecified atom stereocenters. The van der Waals surface area contributed by atoms with Gasteiger partial charge in [-0.25, -0.2) is 0 Å². The molecule has 0 bridgehead atoms. The van der Waals surface area contributed by atoms with E-state index in [0.717, 1.165) is 39.3 Å². The Balaban J connectivity index is 1.66. The van der Waals surface area contributed by atoms with E-state index in [1.165, 1.54) is 32.2 Å². The van der Waals surface area contributed by atoms with Gasteiger partial charge >= 0.3 is 0 Å². The molecule has 4 heteroatoms. The van der Waals surface area contributed by atoms with Gasteiger partial charge in [-0.3, -0.25) is 4.90 Å². The molecule has 2 fully saturated rings. The van der Waals surface area contributed by atoms with Crippen LogP contribution in [0, 0.1) is 0 Å². The SMILES string of the molecule is COCCCOCCN1CC2(CCCC2)NCC1C. The largest absolute Gasteiger partial charge is 0.385 e. The quantitative estimate of drug-likeness (QED) is 0.713. The monoisotopic (exact) mass is 270 g/mol. The molecule has 1 aliphatic carbocycles. The first-order chi connectivity index (χ1) is 9.26. The molecule has 0 aromatic carbocycles. The van der Waals surface area contributed by atoms with Gasteiger partial charge in [0.25, 0.3) is 0 Å². The van der Waals surface area contributed by atoms with Crippen molar-refractivity contribution in [1.82, 2.24) is 10.2 Å². The number of nitrogens with one attached hydrogen (secondary N) is 1. The molecule has 1 heterocycles. The third kappa shape index (κ3) is 4.42. The van der Waals surface area contributed by atoms with Crippen LogP contribution in [-0.4, -0.2) is 63.0 Å². The molecule has 1 aliphatic heterocycles.